The van der Waals surface area contributed by atoms with Crippen LogP contribution in [0.1, 0.15) is 23.0 Å². The molecule has 1 heterocycles. The molecule has 0 aliphatic rings. The second kappa shape index (κ2) is 4.32. The van der Waals surface area contributed by atoms with Gasteiger partial charge in [0, 0.05) is 17.8 Å². The minimum Gasteiger partial charge on any atom is -0.366 e. The van der Waals surface area contributed by atoms with Crippen LogP contribution in [-0.4, -0.2) is 16.7 Å². The van der Waals surface area contributed by atoms with Gasteiger partial charge in [0.05, 0.1) is 5.69 Å². The molecule has 1 aromatic heterocycles. The number of carbonyl (C=O) groups excluding carboxylic acids is 2. The number of primary amides is 1. The smallest absolute Gasteiger partial charge is 0.241 e. The molecule has 0 radical (unpaired) electrons. The van der Waals surface area contributed by atoms with Gasteiger partial charge in [0.15, 0.2) is 5.78 Å². The first-order valence-corrected chi connectivity index (χ1v) is 4.04. The van der Waals surface area contributed by atoms with E-state index in [9.17, 15) is 9.59 Å². The highest BCUT2D eigenvalue weighted by Crippen LogP contribution is 2.02. The summed E-state index contributed by atoms with van der Waals surface area (Å²) in [5.41, 5.74) is 6.05. The van der Waals surface area contributed by atoms with Gasteiger partial charge in [-0.2, -0.15) is 0 Å². The largest absolute Gasteiger partial charge is 0.366 e. The maximum Gasteiger partial charge on any atom is 0.241 e. The molecule has 0 aliphatic heterocycles. The van der Waals surface area contributed by atoms with Crippen molar-refractivity contribution in [3.05, 3.63) is 35.7 Å². The van der Waals surface area contributed by atoms with Crippen LogP contribution >= 0.6 is 0 Å². The van der Waals surface area contributed by atoms with Crippen molar-refractivity contribution in [3.8, 4) is 0 Å². The third kappa shape index (κ3) is 2.82. The van der Waals surface area contributed by atoms with E-state index < -0.39 is 5.91 Å². The number of rotatable bonds is 3. The molecular weight excluding hydrogens is 180 g/mol. The molecule has 0 atom stereocenters. The molecule has 0 saturated carbocycles. The van der Waals surface area contributed by atoms with Crippen molar-refractivity contribution in [2.45, 2.75) is 6.92 Å². The summed E-state index contributed by atoms with van der Waals surface area (Å²) in [5.74, 6) is -0.564. The van der Waals surface area contributed by atoms with Crippen LogP contribution in [0.2, 0.25) is 0 Å². The quantitative estimate of drug-likeness (QED) is 0.565. The van der Waals surface area contributed by atoms with E-state index in [2.05, 4.69) is 4.98 Å². The van der Waals surface area contributed by atoms with Crippen LogP contribution in [0.5, 0.6) is 0 Å². The summed E-state index contributed by atoms with van der Waals surface area (Å²) in [6.45, 7) is 1.47. The lowest BCUT2D eigenvalue weighted by molar-refractivity contribution is -0.113. The summed E-state index contributed by atoms with van der Waals surface area (Å²) in [6.07, 6.45) is 4.17. The number of pyridine rings is 1. The highest BCUT2D eigenvalue weighted by Gasteiger charge is 1.98. The molecule has 4 nitrogen and oxygen atoms in total. The summed E-state index contributed by atoms with van der Waals surface area (Å²) in [4.78, 5) is 25.2. The minimum atomic E-state index is -0.526. The van der Waals surface area contributed by atoms with Crippen LogP contribution in [0.3, 0.4) is 0 Å². The molecular formula is C10H10N2O2. The number of Topliss-reactive ketones (excluding diaryl/α,β-unsaturated/α-hetero) is 1. The fourth-order valence-electron chi connectivity index (χ4n) is 0.880. The van der Waals surface area contributed by atoms with Crippen molar-refractivity contribution in [3.63, 3.8) is 0 Å². The molecule has 0 aromatic carbocycles. The standard InChI is InChI=1S/C10H10N2O2/c1-7(13)8-2-3-9(12-6-8)4-5-10(11)14/h2-6H,1H3,(H2,11,14). The van der Waals surface area contributed by atoms with Crippen molar-refractivity contribution < 1.29 is 9.59 Å². The highest BCUT2D eigenvalue weighted by molar-refractivity contribution is 5.94. The Balaban J connectivity index is 2.83. The van der Waals surface area contributed by atoms with Gasteiger partial charge in [0.25, 0.3) is 0 Å². The Hall–Kier alpha value is -1.97. The van der Waals surface area contributed by atoms with Crippen LogP contribution in [0.25, 0.3) is 6.08 Å². The summed E-state index contributed by atoms with van der Waals surface area (Å²) in [6, 6.07) is 3.30. The van der Waals surface area contributed by atoms with E-state index in [0.717, 1.165) is 0 Å². The number of ketones is 1. The Morgan fingerprint density at radius 3 is 2.57 bits per heavy atom. The fourth-order valence-corrected chi connectivity index (χ4v) is 0.880. The zero-order valence-corrected chi connectivity index (χ0v) is 7.73. The van der Waals surface area contributed by atoms with Gasteiger partial charge >= 0.3 is 0 Å². The first-order chi connectivity index (χ1) is 6.59. The summed E-state index contributed by atoms with van der Waals surface area (Å²) >= 11 is 0. The number of nitrogens with two attached hydrogens (primary N) is 1. The Morgan fingerprint density at radius 2 is 2.14 bits per heavy atom. The van der Waals surface area contributed by atoms with E-state index >= 15 is 0 Å². The van der Waals surface area contributed by atoms with Crippen molar-refractivity contribution in [2.24, 2.45) is 5.73 Å². The van der Waals surface area contributed by atoms with Crippen molar-refractivity contribution in [1.29, 1.82) is 0 Å². The lowest BCUT2D eigenvalue weighted by Crippen LogP contribution is -2.05. The van der Waals surface area contributed by atoms with E-state index in [-0.39, 0.29) is 5.78 Å². The van der Waals surface area contributed by atoms with Crippen LogP contribution < -0.4 is 5.73 Å². The zero-order chi connectivity index (χ0) is 10.6. The van der Waals surface area contributed by atoms with Crippen LogP contribution in [0, 0.1) is 0 Å². The van der Waals surface area contributed by atoms with Crippen LogP contribution in [-0.2, 0) is 4.79 Å². The molecule has 1 aromatic rings. The Bertz CT molecular complexity index is 380. The SMILES string of the molecule is CC(=O)c1ccc(C=CC(N)=O)nc1. The van der Waals surface area contributed by atoms with Gasteiger partial charge in [0.1, 0.15) is 0 Å². The lowest BCUT2D eigenvalue weighted by Gasteiger charge is -1.95. The maximum atomic E-state index is 10.9. The molecule has 0 bridgehead atoms. The number of nitrogens with zero attached hydrogens (tertiary/aromatic N) is 1. The monoisotopic (exact) mass is 190 g/mol. The summed E-state index contributed by atoms with van der Waals surface area (Å²) < 4.78 is 0. The average molecular weight is 190 g/mol. The normalized spacial score (nSPS) is 10.4. The highest BCUT2D eigenvalue weighted by atomic mass is 16.1. The van der Waals surface area contributed by atoms with E-state index in [1.165, 1.54) is 25.3 Å². The predicted octanol–water partition coefficient (Wildman–Crippen LogP) is 0.783. The maximum absolute atomic E-state index is 10.9. The molecule has 0 fully saturated rings. The Morgan fingerprint density at radius 1 is 1.43 bits per heavy atom. The van der Waals surface area contributed by atoms with E-state index in [1.807, 2.05) is 0 Å². The molecule has 1 amide bonds. The Kier molecular flexibility index (Phi) is 3.12. The third-order valence-electron chi connectivity index (χ3n) is 1.61. The summed E-state index contributed by atoms with van der Waals surface area (Å²) in [5, 5.41) is 0. The molecule has 4 heteroatoms. The third-order valence-corrected chi connectivity index (χ3v) is 1.61. The Labute approximate surface area is 81.4 Å². The number of aromatic nitrogens is 1. The number of amides is 1. The second-order valence-electron chi connectivity index (χ2n) is 2.76. The van der Waals surface area contributed by atoms with Gasteiger partial charge in [0.2, 0.25) is 5.91 Å². The van der Waals surface area contributed by atoms with Gasteiger partial charge in [-0.25, -0.2) is 0 Å². The van der Waals surface area contributed by atoms with Crippen molar-refractivity contribution >= 4 is 17.8 Å². The zero-order valence-electron chi connectivity index (χ0n) is 7.73. The van der Waals surface area contributed by atoms with Gasteiger partial charge in [-0.1, -0.05) is 0 Å². The number of hydrogen-bond acceptors (Lipinski definition) is 3. The van der Waals surface area contributed by atoms with Crippen molar-refractivity contribution in [2.75, 3.05) is 0 Å². The van der Waals surface area contributed by atoms with Gasteiger partial charge in [-0.3, -0.25) is 14.6 Å². The van der Waals surface area contributed by atoms with Crippen LogP contribution in [0.15, 0.2) is 24.4 Å². The molecule has 0 spiro atoms. The summed E-state index contributed by atoms with van der Waals surface area (Å²) in [7, 11) is 0. The van der Waals surface area contributed by atoms with E-state index in [4.69, 9.17) is 5.73 Å². The molecule has 0 unspecified atom stereocenters. The molecule has 1 rings (SSSR count). The lowest BCUT2D eigenvalue weighted by atomic mass is 10.2. The van der Waals surface area contributed by atoms with E-state index in [0.29, 0.717) is 11.3 Å². The first kappa shape index (κ1) is 10.1. The fraction of sp³-hybridized carbons (Fsp3) is 0.100. The van der Waals surface area contributed by atoms with Gasteiger partial charge in [-0.05, 0) is 25.1 Å². The van der Waals surface area contributed by atoms with Crippen LogP contribution in [0.4, 0.5) is 0 Å². The van der Waals surface area contributed by atoms with Gasteiger partial charge < -0.3 is 5.73 Å². The minimum absolute atomic E-state index is 0.0390. The predicted molar refractivity (Wildman–Crippen MR) is 52.5 cm³/mol. The molecule has 72 valence electrons. The number of hydrogen-bond donors (Lipinski definition) is 1. The molecule has 2 N–H and O–H groups in total. The first-order valence-electron chi connectivity index (χ1n) is 4.04. The van der Waals surface area contributed by atoms with Crippen molar-refractivity contribution in [1.82, 2.24) is 4.98 Å². The number of carbonyl (C=O) groups is 2. The molecule has 0 saturated heterocycles. The topological polar surface area (TPSA) is 73.1 Å². The van der Waals surface area contributed by atoms with E-state index in [1.54, 1.807) is 12.1 Å². The molecule has 14 heavy (non-hydrogen) atoms. The second-order valence-corrected chi connectivity index (χ2v) is 2.76. The average Bonchev–Trinajstić information content (AvgIpc) is 2.15. The van der Waals surface area contributed by atoms with Gasteiger partial charge in [-0.15, -0.1) is 0 Å². The molecule has 0 aliphatic carbocycles.